The van der Waals surface area contributed by atoms with E-state index < -0.39 is 5.60 Å². The summed E-state index contributed by atoms with van der Waals surface area (Å²) in [4.78, 5) is 0. The predicted octanol–water partition coefficient (Wildman–Crippen LogP) is -0.131. The monoisotopic (exact) mass is 152 g/mol. The minimum absolute atomic E-state index is 0.174. The van der Waals surface area contributed by atoms with Crippen LogP contribution in [0.5, 0.6) is 0 Å². The molecule has 1 aliphatic carbocycles. The maximum Gasteiger partial charge on any atom is 0.152 e. The van der Waals surface area contributed by atoms with Gasteiger partial charge in [0.1, 0.15) is 0 Å². The maximum absolute atomic E-state index is 9.62. The topological polar surface area (TPSA) is 56.0 Å². The highest BCUT2D eigenvalue weighted by Gasteiger charge is 2.55. The van der Waals surface area contributed by atoms with Crippen LogP contribution in [0, 0.1) is 23.2 Å². The van der Waals surface area contributed by atoms with Crippen molar-refractivity contribution in [1.29, 1.82) is 5.26 Å². The van der Waals surface area contributed by atoms with Gasteiger partial charge >= 0.3 is 0 Å². The highest BCUT2D eigenvalue weighted by Crippen LogP contribution is 2.45. The summed E-state index contributed by atoms with van der Waals surface area (Å²) in [5, 5.41) is 21.6. The number of nitriles is 1. The number of fused-ring (bicyclic) bond motifs is 1. The first kappa shape index (κ1) is 7.08. The first-order valence-corrected chi connectivity index (χ1v) is 4.02. The number of nitrogens with zero attached hydrogens (tertiary/aromatic N) is 1. The van der Waals surface area contributed by atoms with Crippen molar-refractivity contribution in [3.63, 3.8) is 0 Å². The van der Waals surface area contributed by atoms with Crippen LogP contribution in [-0.2, 0) is 0 Å². The van der Waals surface area contributed by atoms with E-state index in [4.69, 9.17) is 5.26 Å². The summed E-state index contributed by atoms with van der Waals surface area (Å²) in [7, 11) is 0. The normalized spacial score (nSPS) is 45.7. The van der Waals surface area contributed by atoms with Gasteiger partial charge < -0.3 is 10.4 Å². The number of hydrogen-bond acceptors (Lipinski definition) is 3. The highest BCUT2D eigenvalue weighted by atomic mass is 16.3. The fourth-order valence-electron chi connectivity index (χ4n) is 2.40. The molecule has 60 valence electrons. The van der Waals surface area contributed by atoms with Crippen molar-refractivity contribution < 1.29 is 5.11 Å². The maximum atomic E-state index is 9.62. The fourth-order valence-corrected chi connectivity index (χ4v) is 2.40. The van der Waals surface area contributed by atoms with E-state index in [9.17, 15) is 5.11 Å². The molecule has 4 atom stereocenters. The molecule has 0 aromatic rings. The molecule has 0 amide bonds. The molecule has 0 radical (unpaired) electrons. The molecule has 2 bridgehead atoms. The van der Waals surface area contributed by atoms with Crippen LogP contribution in [-0.4, -0.2) is 23.3 Å². The largest absolute Gasteiger partial charge is 0.375 e. The first-order chi connectivity index (χ1) is 5.15. The minimum atomic E-state index is -1.11. The smallest absolute Gasteiger partial charge is 0.152 e. The van der Waals surface area contributed by atoms with Crippen LogP contribution in [0.15, 0.2) is 0 Å². The van der Waals surface area contributed by atoms with E-state index in [-0.39, 0.29) is 5.92 Å². The second-order valence-electron chi connectivity index (χ2n) is 3.80. The van der Waals surface area contributed by atoms with Crippen LogP contribution >= 0.6 is 0 Å². The number of rotatable bonds is 1. The van der Waals surface area contributed by atoms with Crippen molar-refractivity contribution in [3.8, 4) is 6.07 Å². The van der Waals surface area contributed by atoms with Crippen LogP contribution in [0.1, 0.15) is 13.3 Å². The van der Waals surface area contributed by atoms with Crippen molar-refractivity contribution in [2.24, 2.45) is 11.8 Å². The molecule has 0 aromatic carbocycles. The summed E-state index contributed by atoms with van der Waals surface area (Å²) in [6.45, 7) is 2.59. The van der Waals surface area contributed by atoms with Gasteiger partial charge in [-0.05, 0) is 25.8 Å². The molecule has 2 N–H and O–H groups in total. The van der Waals surface area contributed by atoms with Crippen LogP contribution < -0.4 is 5.32 Å². The van der Waals surface area contributed by atoms with E-state index >= 15 is 0 Å². The second-order valence-corrected chi connectivity index (χ2v) is 3.80. The van der Waals surface area contributed by atoms with Crippen molar-refractivity contribution in [2.75, 3.05) is 6.54 Å². The minimum Gasteiger partial charge on any atom is -0.375 e. The standard InChI is InChI=1S/C8H12N2O/c1-8(11,4-9)7-5-2-6(7)10-3-5/h5-7,10-11H,2-3H2,1H3. The van der Waals surface area contributed by atoms with Gasteiger partial charge in [-0.3, -0.25) is 0 Å². The molecule has 4 unspecified atom stereocenters. The predicted molar refractivity (Wildman–Crippen MR) is 39.6 cm³/mol. The lowest BCUT2D eigenvalue weighted by atomic mass is 9.66. The Labute approximate surface area is 66.0 Å². The molecule has 0 aromatic heterocycles. The Morgan fingerprint density at radius 2 is 2.45 bits per heavy atom. The molecule has 0 spiro atoms. The lowest BCUT2D eigenvalue weighted by Crippen LogP contribution is -2.50. The molecule has 11 heavy (non-hydrogen) atoms. The average molecular weight is 152 g/mol. The highest BCUT2D eigenvalue weighted by molar-refractivity contribution is 5.15. The quantitative estimate of drug-likeness (QED) is 0.514. The Balaban J connectivity index is 2.14. The zero-order valence-corrected chi connectivity index (χ0v) is 6.54. The number of hydrogen-bond donors (Lipinski definition) is 2. The summed E-state index contributed by atoms with van der Waals surface area (Å²) < 4.78 is 0. The van der Waals surface area contributed by atoms with Crippen LogP contribution in [0.4, 0.5) is 0 Å². The molecule has 2 aliphatic heterocycles. The van der Waals surface area contributed by atoms with Gasteiger partial charge in [-0.2, -0.15) is 5.26 Å². The molecule has 3 aliphatic rings. The third-order valence-corrected chi connectivity index (χ3v) is 3.02. The van der Waals surface area contributed by atoms with Gasteiger partial charge in [0.25, 0.3) is 0 Å². The van der Waals surface area contributed by atoms with Crippen molar-refractivity contribution in [1.82, 2.24) is 5.32 Å². The first-order valence-electron chi connectivity index (χ1n) is 4.02. The van der Waals surface area contributed by atoms with E-state index in [1.165, 1.54) is 0 Å². The Bertz CT molecular complexity index is 205. The molecular formula is C8H12N2O. The summed E-state index contributed by atoms with van der Waals surface area (Å²) in [5.74, 6) is 0.710. The van der Waals surface area contributed by atoms with Crippen molar-refractivity contribution >= 4 is 0 Å². The van der Waals surface area contributed by atoms with E-state index in [2.05, 4.69) is 5.32 Å². The molecule has 3 fully saturated rings. The number of nitrogens with one attached hydrogen (secondary N) is 1. The Morgan fingerprint density at radius 1 is 1.73 bits per heavy atom. The summed E-state index contributed by atoms with van der Waals surface area (Å²) in [5.41, 5.74) is -1.11. The molecule has 3 heteroatoms. The zero-order chi connectivity index (χ0) is 8.06. The van der Waals surface area contributed by atoms with Gasteiger partial charge in [0.2, 0.25) is 0 Å². The molecule has 1 saturated carbocycles. The van der Waals surface area contributed by atoms with Gasteiger partial charge in [-0.1, -0.05) is 0 Å². The molecular weight excluding hydrogens is 140 g/mol. The van der Waals surface area contributed by atoms with Gasteiger partial charge in [0.05, 0.1) is 6.07 Å². The van der Waals surface area contributed by atoms with E-state index in [0.29, 0.717) is 12.0 Å². The molecule has 2 heterocycles. The summed E-state index contributed by atoms with van der Waals surface area (Å²) in [6.07, 6.45) is 1.14. The zero-order valence-electron chi connectivity index (χ0n) is 6.54. The fraction of sp³-hybridized carbons (Fsp3) is 0.875. The SMILES string of the molecule is CC(O)(C#N)C1C2CNC1C2. The van der Waals surface area contributed by atoms with Crippen LogP contribution in [0.2, 0.25) is 0 Å². The molecule has 3 nitrogen and oxygen atoms in total. The van der Waals surface area contributed by atoms with E-state index in [1.807, 2.05) is 6.07 Å². The molecule has 3 rings (SSSR count). The summed E-state index contributed by atoms with van der Waals surface area (Å²) in [6, 6.07) is 2.36. The lowest BCUT2D eigenvalue weighted by Gasteiger charge is -2.40. The lowest BCUT2D eigenvalue weighted by molar-refractivity contribution is -0.0148. The Kier molecular flexibility index (Phi) is 1.26. The third kappa shape index (κ3) is 0.800. The average Bonchev–Trinajstić information content (AvgIpc) is 2.44. The van der Waals surface area contributed by atoms with E-state index in [0.717, 1.165) is 13.0 Å². The number of aliphatic hydroxyl groups is 1. The van der Waals surface area contributed by atoms with Crippen molar-refractivity contribution in [2.45, 2.75) is 25.0 Å². The molecule has 2 saturated heterocycles. The van der Waals surface area contributed by atoms with E-state index in [1.54, 1.807) is 6.92 Å². The Hall–Kier alpha value is -0.590. The van der Waals surface area contributed by atoms with Gasteiger partial charge in [-0.25, -0.2) is 0 Å². The van der Waals surface area contributed by atoms with Gasteiger partial charge in [0, 0.05) is 12.0 Å². The summed E-state index contributed by atoms with van der Waals surface area (Å²) >= 11 is 0. The Morgan fingerprint density at radius 3 is 2.82 bits per heavy atom. The van der Waals surface area contributed by atoms with Crippen LogP contribution in [0.25, 0.3) is 0 Å². The van der Waals surface area contributed by atoms with Crippen LogP contribution in [0.3, 0.4) is 0 Å². The van der Waals surface area contributed by atoms with Gasteiger partial charge in [-0.15, -0.1) is 0 Å². The second kappa shape index (κ2) is 1.96. The van der Waals surface area contributed by atoms with Gasteiger partial charge in [0.15, 0.2) is 5.60 Å². The van der Waals surface area contributed by atoms with Crippen molar-refractivity contribution in [3.05, 3.63) is 0 Å². The third-order valence-electron chi connectivity index (χ3n) is 3.02.